The predicted molar refractivity (Wildman–Crippen MR) is 77.2 cm³/mol. The molecule has 100 valence electrons. The molecule has 0 bridgehead atoms. The van der Waals surface area contributed by atoms with Crippen molar-refractivity contribution < 1.29 is 4.79 Å². The van der Waals surface area contributed by atoms with Crippen LogP contribution >= 0.6 is 0 Å². The van der Waals surface area contributed by atoms with Crippen LogP contribution in [0.2, 0.25) is 0 Å². The van der Waals surface area contributed by atoms with Crippen molar-refractivity contribution in [3.05, 3.63) is 35.4 Å². The zero-order chi connectivity index (χ0) is 13.8. The second-order valence-electron chi connectivity index (χ2n) is 5.01. The summed E-state index contributed by atoms with van der Waals surface area (Å²) in [5, 5.41) is 0. The SMILES string of the molecule is CCc1ccc(C(=O)C(CC)(CC)N(C)C)cc1. The van der Waals surface area contributed by atoms with Gasteiger partial charge >= 0.3 is 0 Å². The number of benzene rings is 1. The molecule has 0 saturated carbocycles. The van der Waals surface area contributed by atoms with E-state index in [1.165, 1.54) is 5.56 Å². The van der Waals surface area contributed by atoms with Crippen LogP contribution in [0.25, 0.3) is 0 Å². The van der Waals surface area contributed by atoms with Gasteiger partial charge in [0, 0.05) is 5.56 Å². The van der Waals surface area contributed by atoms with E-state index in [1.807, 2.05) is 26.2 Å². The van der Waals surface area contributed by atoms with Crippen LogP contribution in [-0.2, 0) is 6.42 Å². The van der Waals surface area contributed by atoms with Gasteiger partial charge in [0.1, 0.15) is 0 Å². The average Bonchev–Trinajstić information content (AvgIpc) is 2.40. The van der Waals surface area contributed by atoms with Crippen molar-refractivity contribution >= 4 is 5.78 Å². The summed E-state index contributed by atoms with van der Waals surface area (Å²) in [5.74, 6) is 0.236. The number of hydrogen-bond acceptors (Lipinski definition) is 2. The average molecular weight is 247 g/mol. The van der Waals surface area contributed by atoms with Gasteiger partial charge in [-0.1, -0.05) is 45.0 Å². The first-order valence-corrected chi connectivity index (χ1v) is 6.83. The van der Waals surface area contributed by atoms with Crippen LogP contribution in [-0.4, -0.2) is 30.3 Å². The van der Waals surface area contributed by atoms with Crippen LogP contribution in [0, 0.1) is 0 Å². The van der Waals surface area contributed by atoms with Crippen molar-refractivity contribution in [2.75, 3.05) is 14.1 Å². The Labute approximate surface area is 111 Å². The predicted octanol–water partition coefficient (Wildman–Crippen LogP) is 3.55. The van der Waals surface area contributed by atoms with E-state index in [2.05, 4.69) is 37.8 Å². The van der Waals surface area contributed by atoms with Crippen LogP contribution in [0.15, 0.2) is 24.3 Å². The van der Waals surface area contributed by atoms with E-state index in [0.29, 0.717) is 0 Å². The molecule has 2 nitrogen and oxygen atoms in total. The summed E-state index contributed by atoms with van der Waals surface area (Å²) in [6.45, 7) is 6.29. The fourth-order valence-corrected chi connectivity index (χ4v) is 2.57. The van der Waals surface area contributed by atoms with Gasteiger partial charge in [0.05, 0.1) is 5.54 Å². The number of carbonyl (C=O) groups is 1. The van der Waals surface area contributed by atoms with Crippen molar-refractivity contribution in [1.29, 1.82) is 0 Å². The van der Waals surface area contributed by atoms with Gasteiger partial charge in [-0.05, 0) is 38.9 Å². The Balaban J connectivity index is 3.09. The van der Waals surface area contributed by atoms with Crippen LogP contribution in [0.5, 0.6) is 0 Å². The van der Waals surface area contributed by atoms with Crippen LogP contribution in [0.4, 0.5) is 0 Å². The third-order valence-corrected chi connectivity index (χ3v) is 4.07. The lowest BCUT2D eigenvalue weighted by Crippen LogP contribution is -2.50. The molecule has 0 unspecified atom stereocenters. The standard InChI is InChI=1S/C16H25NO/c1-6-13-9-11-14(12-10-13)15(18)16(7-2,8-3)17(4)5/h9-12H,6-8H2,1-5H3. The van der Waals surface area contributed by atoms with Gasteiger partial charge in [0.2, 0.25) is 0 Å². The number of ketones is 1. The van der Waals surface area contributed by atoms with Crippen molar-refractivity contribution in [3.63, 3.8) is 0 Å². The van der Waals surface area contributed by atoms with Gasteiger partial charge in [0.15, 0.2) is 5.78 Å². The quantitative estimate of drug-likeness (QED) is 0.716. The molecule has 0 aliphatic carbocycles. The smallest absolute Gasteiger partial charge is 0.183 e. The first kappa shape index (κ1) is 14.9. The molecule has 18 heavy (non-hydrogen) atoms. The van der Waals surface area contributed by atoms with Crippen molar-refractivity contribution in [2.45, 2.75) is 45.6 Å². The highest BCUT2D eigenvalue weighted by molar-refractivity contribution is 6.03. The van der Waals surface area contributed by atoms with E-state index in [0.717, 1.165) is 24.8 Å². The zero-order valence-corrected chi connectivity index (χ0v) is 12.3. The van der Waals surface area contributed by atoms with Gasteiger partial charge in [-0.15, -0.1) is 0 Å². The molecule has 0 heterocycles. The number of carbonyl (C=O) groups excluding carboxylic acids is 1. The van der Waals surface area contributed by atoms with Crippen molar-refractivity contribution in [1.82, 2.24) is 4.90 Å². The minimum atomic E-state index is -0.367. The summed E-state index contributed by atoms with van der Waals surface area (Å²) in [4.78, 5) is 14.8. The fourth-order valence-electron chi connectivity index (χ4n) is 2.57. The van der Waals surface area contributed by atoms with E-state index < -0.39 is 0 Å². The van der Waals surface area contributed by atoms with E-state index in [9.17, 15) is 4.79 Å². The number of likely N-dealkylation sites (N-methyl/N-ethyl adjacent to an activating group) is 1. The largest absolute Gasteiger partial charge is 0.297 e. The van der Waals surface area contributed by atoms with Crippen molar-refractivity contribution in [2.24, 2.45) is 0 Å². The fraction of sp³-hybridized carbons (Fsp3) is 0.562. The third kappa shape index (κ3) is 2.64. The maximum Gasteiger partial charge on any atom is 0.183 e. The highest BCUT2D eigenvalue weighted by Crippen LogP contribution is 2.26. The van der Waals surface area contributed by atoms with Gasteiger partial charge in [0.25, 0.3) is 0 Å². The van der Waals surface area contributed by atoms with Crippen LogP contribution in [0.3, 0.4) is 0 Å². The molecular weight excluding hydrogens is 222 g/mol. The van der Waals surface area contributed by atoms with E-state index >= 15 is 0 Å². The zero-order valence-electron chi connectivity index (χ0n) is 12.3. The first-order valence-electron chi connectivity index (χ1n) is 6.83. The number of hydrogen-bond donors (Lipinski definition) is 0. The molecular formula is C16H25NO. The Hall–Kier alpha value is -1.15. The second kappa shape index (κ2) is 6.14. The molecule has 2 heteroatoms. The van der Waals surface area contributed by atoms with Crippen LogP contribution < -0.4 is 0 Å². The Bertz CT molecular complexity index is 388. The topological polar surface area (TPSA) is 20.3 Å². The minimum absolute atomic E-state index is 0.236. The van der Waals surface area contributed by atoms with Gasteiger partial charge in [-0.25, -0.2) is 0 Å². The maximum absolute atomic E-state index is 12.7. The highest BCUT2D eigenvalue weighted by atomic mass is 16.1. The monoisotopic (exact) mass is 247 g/mol. The molecule has 0 aliphatic rings. The summed E-state index contributed by atoms with van der Waals surface area (Å²) in [6, 6.07) is 8.04. The Morgan fingerprint density at radius 3 is 1.89 bits per heavy atom. The number of Topliss-reactive ketones (excluding diaryl/α,β-unsaturated/α-hetero) is 1. The first-order chi connectivity index (χ1) is 8.51. The maximum atomic E-state index is 12.7. The van der Waals surface area contributed by atoms with Crippen molar-refractivity contribution in [3.8, 4) is 0 Å². The lowest BCUT2D eigenvalue weighted by atomic mass is 9.83. The number of rotatable bonds is 6. The highest BCUT2D eigenvalue weighted by Gasteiger charge is 2.37. The molecule has 0 aromatic heterocycles. The van der Waals surface area contributed by atoms with Gasteiger partial charge in [-0.2, -0.15) is 0 Å². The lowest BCUT2D eigenvalue weighted by Gasteiger charge is -2.37. The van der Waals surface area contributed by atoms with Gasteiger partial charge < -0.3 is 0 Å². The molecule has 0 aliphatic heterocycles. The molecule has 0 atom stereocenters. The second-order valence-corrected chi connectivity index (χ2v) is 5.01. The van der Waals surface area contributed by atoms with E-state index in [-0.39, 0.29) is 11.3 Å². The molecule has 0 N–H and O–H groups in total. The molecule has 0 fully saturated rings. The minimum Gasteiger partial charge on any atom is -0.297 e. The summed E-state index contributed by atoms with van der Waals surface area (Å²) in [6.07, 6.45) is 2.69. The molecule has 1 aromatic carbocycles. The Kier molecular flexibility index (Phi) is 5.09. The van der Waals surface area contributed by atoms with E-state index in [1.54, 1.807) is 0 Å². The Morgan fingerprint density at radius 2 is 1.56 bits per heavy atom. The summed E-state index contributed by atoms with van der Waals surface area (Å²) in [5.41, 5.74) is 1.73. The van der Waals surface area contributed by atoms with Crippen LogP contribution in [0.1, 0.15) is 49.5 Å². The molecule has 1 rings (SSSR count). The Morgan fingerprint density at radius 1 is 1.06 bits per heavy atom. The molecule has 0 spiro atoms. The summed E-state index contributed by atoms with van der Waals surface area (Å²) >= 11 is 0. The van der Waals surface area contributed by atoms with Gasteiger partial charge in [-0.3, -0.25) is 9.69 Å². The molecule has 0 amide bonds. The number of aryl methyl sites for hydroxylation is 1. The molecule has 0 radical (unpaired) electrons. The summed E-state index contributed by atoms with van der Waals surface area (Å²) in [7, 11) is 3.98. The van der Waals surface area contributed by atoms with E-state index in [4.69, 9.17) is 0 Å². The number of nitrogens with zero attached hydrogens (tertiary/aromatic N) is 1. The summed E-state index contributed by atoms with van der Waals surface area (Å²) < 4.78 is 0. The molecule has 0 saturated heterocycles. The lowest BCUT2D eigenvalue weighted by molar-refractivity contribution is 0.0656. The molecule has 1 aromatic rings. The normalized spacial score (nSPS) is 11.9. The third-order valence-electron chi connectivity index (χ3n) is 4.07.